The van der Waals surface area contributed by atoms with Gasteiger partial charge in [0.2, 0.25) is 11.1 Å². The maximum Gasteiger partial charge on any atom is 0.287 e. The third-order valence-corrected chi connectivity index (χ3v) is 4.95. The van der Waals surface area contributed by atoms with Crippen molar-refractivity contribution < 1.29 is 8.98 Å². The third-order valence-electron chi connectivity index (χ3n) is 4.95. The van der Waals surface area contributed by atoms with E-state index in [1.165, 1.54) is 21.9 Å². The third kappa shape index (κ3) is 1.99. The molecule has 0 aliphatic rings. The lowest BCUT2D eigenvalue weighted by Crippen LogP contribution is -2.31. The van der Waals surface area contributed by atoms with Gasteiger partial charge in [-0.2, -0.15) is 0 Å². The molecule has 2 heterocycles. The molecule has 0 aliphatic carbocycles. The van der Waals surface area contributed by atoms with E-state index in [1.54, 1.807) is 0 Å². The van der Waals surface area contributed by atoms with Gasteiger partial charge in [0, 0.05) is 5.56 Å². The second-order valence-electron chi connectivity index (χ2n) is 6.44. The number of aryl methyl sites for hydroxylation is 2. The van der Waals surface area contributed by atoms with Gasteiger partial charge in [0.1, 0.15) is 5.58 Å². The van der Waals surface area contributed by atoms with Crippen molar-refractivity contribution in [2.45, 2.75) is 6.92 Å². The van der Waals surface area contributed by atoms with Crippen LogP contribution in [-0.2, 0) is 7.05 Å². The number of furan rings is 1. The van der Waals surface area contributed by atoms with E-state index in [0.717, 1.165) is 27.8 Å². The first-order valence-electron chi connectivity index (χ1n) is 8.38. The van der Waals surface area contributed by atoms with Crippen LogP contribution >= 0.6 is 0 Å². The van der Waals surface area contributed by atoms with Crippen LogP contribution in [0.4, 0.5) is 0 Å². The topological polar surface area (TPSA) is 29.9 Å². The number of benzene rings is 3. The minimum absolute atomic E-state index is 0.838. The van der Waals surface area contributed by atoms with E-state index in [4.69, 9.17) is 4.42 Å². The minimum Gasteiger partial charge on any atom is -0.447 e. The summed E-state index contributed by atoms with van der Waals surface area (Å²) in [5, 5.41) is 3.57. The summed E-state index contributed by atoms with van der Waals surface area (Å²) in [7, 11) is 2.02. The number of para-hydroxylation sites is 1. The van der Waals surface area contributed by atoms with Crippen LogP contribution in [0.1, 0.15) is 5.56 Å². The Hall–Kier alpha value is -3.20. The largest absolute Gasteiger partial charge is 0.447 e. The van der Waals surface area contributed by atoms with E-state index in [2.05, 4.69) is 54.4 Å². The van der Waals surface area contributed by atoms with Gasteiger partial charge < -0.3 is 4.42 Å². The summed E-state index contributed by atoms with van der Waals surface area (Å²) < 4.78 is 8.25. The van der Waals surface area contributed by atoms with Crippen molar-refractivity contribution in [1.29, 1.82) is 0 Å². The lowest BCUT2D eigenvalue weighted by atomic mass is 9.97. The van der Waals surface area contributed by atoms with Crippen molar-refractivity contribution in [3.8, 4) is 11.3 Å². The fourth-order valence-electron chi connectivity index (χ4n) is 3.68. The van der Waals surface area contributed by atoms with E-state index in [-0.39, 0.29) is 0 Å². The zero-order chi connectivity index (χ0) is 17.0. The van der Waals surface area contributed by atoms with E-state index >= 15 is 0 Å². The highest BCUT2D eigenvalue weighted by Gasteiger charge is 2.23. The summed E-state index contributed by atoms with van der Waals surface area (Å²) in [6.07, 6.45) is 1.87. The van der Waals surface area contributed by atoms with Gasteiger partial charge in [-0.1, -0.05) is 42.5 Å². The molecule has 3 nitrogen and oxygen atoms in total. The average Bonchev–Trinajstić information content (AvgIpc) is 3.01. The Kier molecular flexibility index (Phi) is 2.92. The molecular formula is C22H17N2O+. The first-order chi connectivity index (χ1) is 12.2. The molecule has 0 saturated carbocycles. The number of rotatable bonds is 1. The second-order valence-corrected chi connectivity index (χ2v) is 6.44. The first-order valence-corrected chi connectivity index (χ1v) is 8.38. The molecule has 0 N–H and O–H groups in total. The molecule has 25 heavy (non-hydrogen) atoms. The number of hydrogen-bond acceptors (Lipinski definition) is 2. The van der Waals surface area contributed by atoms with Gasteiger partial charge in [-0.15, -0.1) is 0 Å². The summed E-state index contributed by atoms with van der Waals surface area (Å²) in [6.45, 7) is 2.17. The Morgan fingerprint density at radius 1 is 0.880 bits per heavy atom. The zero-order valence-electron chi connectivity index (χ0n) is 14.2. The number of aromatic nitrogens is 2. The summed E-state index contributed by atoms with van der Waals surface area (Å²) in [5.74, 6) is 0. The molecule has 0 radical (unpaired) electrons. The van der Waals surface area contributed by atoms with Gasteiger partial charge in [-0.25, -0.2) is 4.57 Å². The Bertz CT molecular complexity index is 1270. The SMILES string of the molecule is Cc1c(-c2c3oc4ccccc4c3nc[n+]2C)ccc2ccccc12. The predicted molar refractivity (Wildman–Crippen MR) is 100 cm³/mol. The van der Waals surface area contributed by atoms with Crippen LogP contribution in [0.5, 0.6) is 0 Å². The van der Waals surface area contributed by atoms with Crippen LogP contribution < -0.4 is 4.57 Å². The van der Waals surface area contributed by atoms with Crippen molar-refractivity contribution in [2.24, 2.45) is 7.05 Å². The van der Waals surface area contributed by atoms with Gasteiger partial charge in [0.05, 0.1) is 12.4 Å². The molecule has 0 aliphatic heterocycles. The number of fused-ring (bicyclic) bond motifs is 4. The molecular weight excluding hydrogens is 308 g/mol. The highest BCUT2D eigenvalue weighted by molar-refractivity contribution is 6.06. The molecule has 3 heteroatoms. The predicted octanol–water partition coefficient (Wildman–Crippen LogP) is 4.93. The molecule has 0 amide bonds. The van der Waals surface area contributed by atoms with Crippen molar-refractivity contribution in [2.75, 3.05) is 0 Å². The number of nitrogens with zero attached hydrogens (tertiary/aromatic N) is 2. The molecule has 0 saturated heterocycles. The Morgan fingerprint density at radius 2 is 1.64 bits per heavy atom. The maximum atomic E-state index is 6.20. The lowest BCUT2D eigenvalue weighted by Gasteiger charge is -2.09. The van der Waals surface area contributed by atoms with Crippen LogP contribution in [0.2, 0.25) is 0 Å². The fraction of sp³-hybridized carbons (Fsp3) is 0.0909. The van der Waals surface area contributed by atoms with Crippen LogP contribution in [0.3, 0.4) is 0 Å². The van der Waals surface area contributed by atoms with Crippen molar-refractivity contribution in [3.05, 3.63) is 72.6 Å². The second kappa shape index (κ2) is 5.15. The lowest BCUT2D eigenvalue weighted by molar-refractivity contribution is -0.662. The van der Waals surface area contributed by atoms with E-state index in [1.807, 2.05) is 36.1 Å². The highest BCUT2D eigenvalue weighted by atomic mass is 16.3. The standard InChI is InChI=1S/C22H17N2O/c1-14-16-8-4-3-7-15(16)11-12-17(14)21-22-20(23-13-24(21)2)18-9-5-6-10-19(18)25-22/h3-13H,1-2H3/q+1. The average molecular weight is 325 g/mol. The molecule has 3 aromatic carbocycles. The molecule has 0 bridgehead atoms. The van der Waals surface area contributed by atoms with Gasteiger partial charge in [-0.3, -0.25) is 0 Å². The van der Waals surface area contributed by atoms with Crippen molar-refractivity contribution in [3.63, 3.8) is 0 Å². The molecule has 120 valence electrons. The van der Waals surface area contributed by atoms with Crippen molar-refractivity contribution in [1.82, 2.24) is 4.98 Å². The zero-order valence-corrected chi connectivity index (χ0v) is 14.2. The van der Waals surface area contributed by atoms with Crippen molar-refractivity contribution >= 4 is 32.8 Å². The van der Waals surface area contributed by atoms with Crippen LogP contribution in [0.25, 0.3) is 44.1 Å². The van der Waals surface area contributed by atoms with Gasteiger partial charge in [-0.05, 0) is 46.4 Å². The summed E-state index contributed by atoms with van der Waals surface area (Å²) in [4.78, 5) is 4.62. The summed E-state index contributed by atoms with van der Waals surface area (Å²) in [6, 6.07) is 20.9. The molecule has 5 aromatic rings. The first kappa shape index (κ1) is 14.2. The smallest absolute Gasteiger partial charge is 0.287 e. The van der Waals surface area contributed by atoms with Crippen LogP contribution in [0, 0.1) is 6.92 Å². The Balaban J connectivity index is 1.92. The van der Waals surface area contributed by atoms with Gasteiger partial charge in [0.15, 0.2) is 5.69 Å². The normalized spacial score (nSPS) is 11.6. The summed E-state index contributed by atoms with van der Waals surface area (Å²) >= 11 is 0. The molecule has 0 unspecified atom stereocenters. The highest BCUT2D eigenvalue weighted by Crippen LogP contribution is 2.35. The molecule has 0 fully saturated rings. The van der Waals surface area contributed by atoms with E-state index < -0.39 is 0 Å². The van der Waals surface area contributed by atoms with Gasteiger partial charge in [0.25, 0.3) is 6.33 Å². The van der Waals surface area contributed by atoms with E-state index in [0.29, 0.717) is 0 Å². The Morgan fingerprint density at radius 3 is 2.52 bits per heavy atom. The number of hydrogen-bond donors (Lipinski definition) is 0. The quantitative estimate of drug-likeness (QED) is 0.409. The van der Waals surface area contributed by atoms with Crippen LogP contribution in [0.15, 0.2) is 71.4 Å². The monoisotopic (exact) mass is 325 g/mol. The summed E-state index contributed by atoms with van der Waals surface area (Å²) in [5.41, 5.74) is 6.11. The van der Waals surface area contributed by atoms with Crippen LogP contribution in [-0.4, -0.2) is 4.98 Å². The van der Waals surface area contributed by atoms with Gasteiger partial charge >= 0.3 is 0 Å². The maximum absolute atomic E-state index is 6.20. The Labute approximate surface area is 145 Å². The molecule has 0 spiro atoms. The fourth-order valence-corrected chi connectivity index (χ4v) is 3.68. The molecule has 5 rings (SSSR count). The minimum atomic E-state index is 0.838. The van der Waals surface area contributed by atoms with E-state index in [9.17, 15) is 0 Å². The molecule has 0 atom stereocenters. The molecule has 2 aromatic heterocycles.